The maximum Gasteiger partial charge on any atom is 0.114 e. The molecule has 3 unspecified atom stereocenters. The first-order chi connectivity index (χ1) is 8.42. The minimum absolute atomic E-state index is 0.245. The molecule has 0 amide bonds. The third-order valence-electron chi connectivity index (χ3n) is 3.24. The molecule has 2 rings (SSSR count). The maximum atomic E-state index is 10.9. The summed E-state index contributed by atoms with van der Waals surface area (Å²) in [5, 5.41) is 20.6. The second kappa shape index (κ2) is 4.69. The number of hydrogen-bond acceptors (Lipinski definition) is 3. The van der Waals surface area contributed by atoms with Crippen LogP contribution in [0.4, 0.5) is 0 Å². The van der Waals surface area contributed by atoms with Crippen LogP contribution in [-0.4, -0.2) is 15.9 Å². The second-order valence-electron chi connectivity index (χ2n) is 5.10. The van der Waals surface area contributed by atoms with Crippen LogP contribution in [-0.2, 0) is 5.60 Å². The van der Waals surface area contributed by atoms with Gasteiger partial charge in [0.25, 0.3) is 0 Å². The van der Waals surface area contributed by atoms with E-state index in [1.165, 1.54) is 0 Å². The normalized spacial score (nSPS) is 30.1. The lowest BCUT2D eigenvalue weighted by Gasteiger charge is -2.37. The van der Waals surface area contributed by atoms with E-state index in [0.29, 0.717) is 6.42 Å². The van der Waals surface area contributed by atoms with Gasteiger partial charge in [0.2, 0.25) is 0 Å². The van der Waals surface area contributed by atoms with E-state index in [1.807, 2.05) is 48.6 Å². The summed E-state index contributed by atoms with van der Waals surface area (Å²) in [6.07, 6.45) is 7.61. The van der Waals surface area contributed by atoms with E-state index in [-0.39, 0.29) is 5.92 Å². The number of nitrogens with two attached hydrogens (primary N) is 1. The molecule has 1 aliphatic rings. The Kier molecular flexibility index (Phi) is 3.39. The third kappa shape index (κ3) is 2.70. The van der Waals surface area contributed by atoms with Gasteiger partial charge in [-0.15, -0.1) is 0 Å². The highest BCUT2D eigenvalue weighted by atomic mass is 16.3. The van der Waals surface area contributed by atoms with E-state index in [0.717, 1.165) is 5.56 Å². The van der Waals surface area contributed by atoms with E-state index in [4.69, 9.17) is 5.73 Å². The standard InChI is InChI=1S/C15H19NO2/c1-14(16,17)11-13-9-5-6-10-15(13,18)12-7-3-2-4-8-12/h2-10,13,17-18H,11,16H2,1H3. The summed E-state index contributed by atoms with van der Waals surface area (Å²) < 4.78 is 0. The van der Waals surface area contributed by atoms with Gasteiger partial charge in [-0.1, -0.05) is 48.6 Å². The van der Waals surface area contributed by atoms with Crippen molar-refractivity contribution < 1.29 is 10.2 Å². The summed E-state index contributed by atoms with van der Waals surface area (Å²) in [5.41, 5.74) is 4.04. The smallest absolute Gasteiger partial charge is 0.114 e. The minimum atomic E-state index is -1.30. The quantitative estimate of drug-likeness (QED) is 0.710. The minimum Gasteiger partial charge on any atom is -0.380 e. The highest BCUT2D eigenvalue weighted by Gasteiger charge is 2.38. The van der Waals surface area contributed by atoms with Crippen LogP contribution in [0.5, 0.6) is 0 Å². The Morgan fingerprint density at radius 1 is 1.28 bits per heavy atom. The topological polar surface area (TPSA) is 66.5 Å². The fourth-order valence-corrected chi connectivity index (χ4v) is 2.36. The Balaban J connectivity index is 2.34. The van der Waals surface area contributed by atoms with Crippen LogP contribution in [0.15, 0.2) is 54.6 Å². The number of allylic oxidation sites excluding steroid dienone is 2. The van der Waals surface area contributed by atoms with Gasteiger partial charge in [-0.25, -0.2) is 0 Å². The molecule has 0 saturated carbocycles. The molecule has 0 aliphatic heterocycles. The number of aliphatic hydroxyl groups is 2. The molecular formula is C15H19NO2. The van der Waals surface area contributed by atoms with E-state index >= 15 is 0 Å². The zero-order chi connectivity index (χ0) is 13.2. The molecule has 4 N–H and O–H groups in total. The fraction of sp³-hybridized carbons (Fsp3) is 0.333. The van der Waals surface area contributed by atoms with Gasteiger partial charge < -0.3 is 15.9 Å². The summed E-state index contributed by atoms with van der Waals surface area (Å²) in [4.78, 5) is 0. The summed E-state index contributed by atoms with van der Waals surface area (Å²) in [5.74, 6) is -0.245. The molecule has 3 nitrogen and oxygen atoms in total. The summed E-state index contributed by atoms with van der Waals surface area (Å²) in [6, 6.07) is 9.43. The number of rotatable bonds is 3. The highest BCUT2D eigenvalue weighted by molar-refractivity contribution is 5.34. The molecule has 0 radical (unpaired) electrons. The fourth-order valence-electron chi connectivity index (χ4n) is 2.36. The lowest BCUT2D eigenvalue weighted by atomic mass is 9.75. The molecule has 1 aromatic carbocycles. The zero-order valence-electron chi connectivity index (χ0n) is 10.5. The molecule has 0 fully saturated rings. The van der Waals surface area contributed by atoms with Crippen LogP contribution in [0.25, 0.3) is 0 Å². The molecule has 96 valence electrons. The first-order valence-electron chi connectivity index (χ1n) is 6.07. The van der Waals surface area contributed by atoms with Crippen molar-refractivity contribution in [2.24, 2.45) is 11.7 Å². The highest BCUT2D eigenvalue weighted by Crippen LogP contribution is 2.38. The molecule has 18 heavy (non-hydrogen) atoms. The van der Waals surface area contributed by atoms with Gasteiger partial charge in [-0.2, -0.15) is 0 Å². The van der Waals surface area contributed by atoms with Gasteiger partial charge >= 0.3 is 0 Å². The molecular weight excluding hydrogens is 226 g/mol. The van der Waals surface area contributed by atoms with Gasteiger partial charge in [0.05, 0.1) is 0 Å². The number of hydrogen-bond donors (Lipinski definition) is 3. The third-order valence-corrected chi connectivity index (χ3v) is 3.24. The Bertz CT molecular complexity index is 459. The van der Waals surface area contributed by atoms with Crippen LogP contribution in [0.3, 0.4) is 0 Å². The molecule has 1 aliphatic carbocycles. The van der Waals surface area contributed by atoms with Crippen molar-refractivity contribution in [2.45, 2.75) is 24.7 Å². The van der Waals surface area contributed by atoms with Crippen molar-refractivity contribution in [3.63, 3.8) is 0 Å². The lowest BCUT2D eigenvalue weighted by molar-refractivity contribution is -0.0170. The van der Waals surface area contributed by atoms with Gasteiger partial charge in [0.1, 0.15) is 11.3 Å². The molecule has 0 heterocycles. The van der Waals surface area contributed by atoms with E-state index in [2.05, 4.69) is 0 Å². The van der Waals surface area contributed by atoms with E-state index in [1.54, 1.807) is 13.0 Å². The van der Waals surface area contributed by atoms with Crippen LogP contribution in [0, 0.1) is 5.92 Å². The van der Waals surface area contributed by atoms with Crippen molar-refractivity contribution in [1.82, 2.24) is 0 Å². The Labute approximate surface area is 107 Å². The number of benzene rings is 1. The van der Waals surface area contributed by atoms with Crippen molar-refractivity contribution in [2.75, 3.05) is 0 Å². The van der Waals surface area contributed by atoms with Crippen LogP contribution in [0.1, 0.15) is 18.9 Å². The largest absolute Gasteiger partial charge is 0.380 e. The SMILES string of the molecule is CC(N)(O)CC1C=CC=CC1(O)c1ccccc1. The van der Waals surface area contributed by atoms with Crippen molar-refractivity contribution in [3.05, 3.63) is 60.2 Å². The average molecular weight is 245 g/mol. The molecule has 3 heteroatoms. The predicted octanol–water partition coefficient (Wildman–Crippen LogP) is 1.67. The lowest BCUT2D eigenvalue weighted by Crippen LogP contribution is -2.43. The average Bonchev–Trinajstić information content (AvgIpc) is 2.32. The van der Waals surface area contributed by atoms with Crippen LogP contribution < -0.4 is 5.73 Å². The van der Waals surface area contributed by atoms with Crippen molar-refractivity contribution in [1.29, 1.82) is 0 Å². The van der Waals surface area contributed by atoms with Gasteiger partial charge in [-0.3, -0.25) is 0 Å². The predicted molar refractivity (Wildman–Crippen MR) is 71.5 cm³/mol. The summed E-state index contributed by atoms with van der Waals surface area (Å²) in [7, 11) is 0. The zero-order valence-corrected chi connectivity index (χ0v) is 10.5. The van der Waals surface area contributed by atoms with Gasteiger partial charge in [0, 0.05) is 5.92 Å². The summed E-state index contributed by atoms with van der Waals surface area (Å²) in [6.45, 7) is 1.55. The molecule has 0 spiro atoms. The first kappa shape index (κ1) is 13.0. The Morgan fingerprint density at radius 3 is 2.56 bits per heavy atom. The molecule has 3 atom stereocenters. The maximum absolute atomic E-state index is 10.9. The Morgan fingerprint density at radius 2 is 1.94 bits per heavy atom. The molecule has 1 aromatic rings. The van der Waals surface area contributed by atoms with Crippen molar-refractivity contribution >= 4 is 0 Å². The van der Waals surface area contributed by atoms with Crippen molar-refractivity contribution in [3.8, 4) is 0 Å². The van der Waals surface area contributed by atoms with E-state index < -0.39 is 11.3 Å². The second-order valence-corrected chi connectivity index (χ2v) is 5.10. The summed E-state index contributed by atoms with van der Waals surface area (Å²) >= 11 is 0. The van der Waals surface area contributed by atoms with E-state index in [9.17, 15) is 10.2 Å². The first-order valence-corrected chi connectivity index (χ1v) is 6.07. The van der Waals surface area contributed by atoms with Crippen LogP contribution in [0.2, 0.25) is 0 Å². The molecule has 0 aromatic heterocycles. The molecule has 0 saturated heterocycles. The Hall–Kier alpha value is -1.42. The van der Waals surface area contributed by atoms with Crippen LogP contribution >= 0.6 is 0 Å². The van der Waals surface area contributed by atoms with Gasteiger partial charge in [0.15, 0.2) is 0 Å². The molecule has 0 bridgehead atoms. The monoisotopic (exact) mass is 245 g/mol. The van der Waals surface area contributed by atoms with Gasteiger partial charge in [-0.05, 0) is 25.0 Å².